The molecule has 9 aromatic carbocycles. The van der Waals surface area contributed by atoms with Gasteiger partial charge in [-0.05, 0) is 91.7 Å². The second kappa shape index (κ2) is 14.6. The maximum atomic E-state index is 6.80. The lowest BCUT2D eigenvalue weighted by atomic mass is 9.96. The Morgan fingerprint density at radius 3 is 1.32 bits per heavy atom. The predicted molar refractivity (Wildman–Crippen MR) is 249 cm³/mol. The van der Waals surface area contributed by atoms with E-state index in [2.05, 4.69) is 236 Å². The highest BCUT2D eigenvalue weighted by Gasteiger charge is 2.26. The number of furan rings is 1. The lowest BCUT2D eigenvalue weighted by Gasteiger charge is -2.09. The molecule has 11 rings (SSSR count). The van der Waals surface area contributed by atoms with Crippen LogP contribution in [0, 0.1) is 6.92 Å². The van der Waals surface area contributed by atoms with Crippen LogP contribution in [0.5, 0.6) is 0 Å². The van der Waals surface area contributed by atoms with Gasteiger partial charge in [-0.1, -0.05) is 182 Å². The Hall–Kier alpha value is -7.75. The molecular weight excluding hydrogens is 729 g/mol. The molecule has 0 saturated heterocycles. The molecule has 3 heteroatoms. The molecule has 0 saturated carbocycles. The zero-order valence-corrected chi connectivity index (χ0v) is 33.5. The Labute approximate surface area is 349 Å². The van der Waals surface area contributed by atoms with Crippen molar-refractivity contribution in [3.8, 4) is 72.7 Å². The highest BCUT2D eigenvalue weighted by atomic mass is 16.3. The third kappa shape index (κ3) is 6.20. The summed E-state index contributed by atoms with van der Waals surface area (Å²) >= 11 is 0. The Balaban J connectivity index is 0.817. The average molecular weight is 770 g/mol. The first-order valence-electron chi connectivity index (χ1n) is 20.5. The van der Waals surface area contributed by atoms with Crippen LogP contribution in [0.3, 0.4) is 0 Å². The first-order valence-corrected chi connectivity index (χ1v) is 20.5. The first-order chi connectivity index (χ1) is 29.6. The van der Waals surface area contributed by atoms with Crippen molar-refractivity contribution in [2.24, 2.45) is 7.05 Å². The Morgan fingerprint density at radius 2 is 0.800 bits per heavy atom. The summed E-state index contributed by atoms with van der Waals surface area (Å²) < 4.78 is 11.3. The van der Waals surface area contributed by atoms with Crippen LogP contribution in [0.2, 0.25) is 0 Å². The first kappa shape index (κ1) is 35.4. The van der Waals surface area contributed by atoms with Gasteiger partial charge in [0.1, 0.15) is 29.2 Å². The molecule has 0 atom stereocenters. The van der Waals surface area contributed by atoms with Crippen LogP contribution in [0.25, 0.3) is 105 Å². The Kier molecular flexibility index (Phi) is 8.60. The maximum Gasteiger partial charge on any atom is 0.297 e. The summed E-state index contributed by atoms with van der Waals surface area (Å²) in [6.45, 7) is 2.17. The number of aromatic nitrogens is 2. The third-order valence-electron chi connectivity index (χ3n) is 12.1. The van der Waals surface area contributed by atoms with Gasteiger partial charge in [0.25, 0.3) is 5.82 Å². The number of hydrogen-bond acceptors (Lipinski definition) is 1. The zero-order valence-electron chi connectivity index (χ0n) is 33.5. The van der Waals surface area contributed by atoms with Gasteiger partial charge in [-0.2, -0.15) is 4.57 Å². The number of imidazole rings is 1. The van der Waals surface area contributed by atoms with Crippen LogP contribution >= 0.6 is 0 Å². The Bertz CT molecular complexity index is 3320. The molecule has 0 aliphatic rings. The summed E-state index contributed by atoms with van der Waals surface area (Å²) in [6.07, 6.45) is 4.26. The van der Waals surface area contributed by atoms with Crippen LogP contribution in [0.15, 0.2) is 217 Å². The summed E-state index contributed by atoms with van der Waals surface area (Å²) in [5.41, 5.74) is 17.3. The fourth-order valence-electron chi connectivity index (χ4n) is 8.79. The maximum absolute atomic E-state index is 6.80. The molecule has 0 bridgehead atoms. The lowest BCUT2D eigenvalue weighted by Crippen LogP contribution is -2.29. The zero-order chi connectivity index (χ0) is 40.2. The van der Waals surface area contributed by atoms with Gasteiger partial charge in [-0.3, -0.25) is 0 Å². The molecule has 0 aliphatic carbocycles. The lowest BCUT2D eigenvalue weighted by molar-refractivity contribution is -0.659. The average Bonchev–Trinajstić information content (AvgIpc) is 3.90. The van der Waals surface area contributed by atoms with E-state index in [1.54, 1.807) is 0 Å². The quantitative estimate of drug-likeness (QED) is 0.148. The summed E-state index contributed by atoms with van der Waals surface area (Å²) in [7, 11) is 2.11. The number of benzene rings is 9. The second-order valence-electron chi connectivity index (χ2n) is 15.7. The Morgan fingerprint density at radius 1 is 0.383 bits per heavy atom. The number of fused-ring (bicyclic) bond motifs is 5. The van der Waals surface area contributed by atoms with Crippen LogP contribution in [-0.4, -0.2) is 4.57 Å². The number of hydrogen-bond donors (Lipinski definition) is 0. The minimum Gasteiger partial charge on any atom is -0.454 e. The van der Waals surface area contributed by atoms with Gasteiger partial charge in [0, 0.05) is 16.2 Å². The second-order valence-corrected chi connectivity index (χ2v) is 15.7. The molecule has 0 fully saturated rings. The van der Waals surface area contributed by atoms with Gasteiger partial charge in [0.2, 0.25) is 0 Å². The highest BCUT2D eigenvalue weighted by Crippen LogP contribution is 2.40. The topological polar surface area (TPSA) is 21.9 Å². The minimum absolute atomic E-state index is 0.916. The van der Waals surface area contributed by atoms with Crippen molar-refractivity contribution in [3.05, 3.63) is 218 Å². The van der Waals surface area contributed by atoms with E-state index in [9.17, 15) is 0 Å². The predicted octanol–water partition coefficient (Wildman–Crippen LogP) is 14.7. The van der Waals surface area contributed by atoms with Crippen LogP contribution in [0.4, 0.5) is 0 Å². The van der Waals surface area contributed by atoms with Gasteiger partial charge in [0.05, 0.1) is 7.05 Å². The van der Waals surface area contributed by atoms with Gasteiger partial charge in [-0.15, -0.1) is 0 Å². The molecular formula is C57H41N2O+. The van der Waals surface area contributed by atoms with E-state index in [4.69, 9.17) is 4.42 Å². The van der Waals surface area contributed by atoms with Crippen molar-refractivity contribution in [3.63, 3.8) is 0 Å². The van der Waals surface area contributed by atoms with Crippen molar-refractivity contribution in [1.29, 1.82) is 0 Å². The van der Waals surface area contributed by atoms with E-state index in [0.29, 0.717) is 0 Å². The standard InChI is InChI=1S/C57H41N2O/c1-38-12-34-53-52-35-31-49-10-6-7-11-51(49)55(52)60-56(53)54(38)57-58(2)36-37-59(57)50-32-29-48(30-33-50)47-27-25-46(26-28-47)45-23-21-44(22-24-45)43-19-17-42(18-20-43)41-15-13-40(14-16-41)39-8-4-3-5-9-39/h3-37H,1-2H3/q+1. The van der Waals surface area contributed by atoms with E-state index < -0.39 is 0 Å². The van der Waals surface area contributed by atoms with Crippen LogP contribution in [0.1, 0.15) is 5.56 Å². The molecule has 2 aromatic heterocycles. The summed E-state index contributed by atoms with van der Waals surface area (Å²) in [5, 5.41) is 4.59. The summed E-state index contributed by atoms with van der Waals surface area (Å²) in [6, 6.07) is 72.1. The SMILES string of the molecule is Cc1ccc2c(oc3c4ccccc4ccc23)c1-c1n(-c2ccc(-c3ccc(-c4ccc(-c5ccc(-c6ccc(-c7ccccc7)cc6)cc5)cc4)cc3)cc2)cc[n+]1C. The summed E-state index contributed by atoms with van der Waals surface area (Å²) in [4.78, 5) is 0. The molecule has 0 radical (unpaired) electrons. The number of nitrogens with zero attached hydrogens (tertiary/aromatic N) is 2. The molecule has 2 heterocycles. The summed E-state index contributed by atoms with van der Waals surface area (Å²) in [5.74, 6) is 1.08. The van der Waals surface area contributed by atoms with Gasteiger partial charge < -0.3 is 4.42 Å². The van der Waals surface area contributed by atoms with Crippen molar-refractivity contribution >= 4 is 32.7 Å². The van der Waals surface area contributed by atoms with E-state index in [-0.39, 0.29) is 0 Å². The fourth-order valence-corrected chi connectivity index (χ4v) is 8.79. The van der Waals surface area contributed by atoms with Crippen molar-refractivity contribution in [2.45, 2.75) is 6.92 Å². The number of rotatable bonds is 7. The van der Waals surface area contributed by atoms with E-state index in [1.165, 1.54) is 66.6 Å². The van der Waals surface area contributed by atoms with Crippen molar-refractivity contribution in [2.75, 3.05) is 0 Å². The minimum atomic E-state index is 0.916. The third-order valence-corrected chi connectivity index (χ3v) is 12.1. The van der Waals surface area contributed by atoms with Gasteiger partial charge >= 0.3 is 0 Å². The van der Waals surface area contributed by atoms with Crippen molar-refractivity contribution < 1.29 is 8.98 Å². The van der Waals surface area contributed by atoms with E-state index in [1.807, 2.05) is 0 Å². The molecule has 11 aromatic rings. The molecule has 0 aliphatic heterocycles. The molecule has 0 spiro atoms. The normalized spacial score (nSPS) is 11.5. The van der Waals surface area contributed by atoms with Gasteiger partial charge in [-0.25, -0.2) is 4.57 Å². The molecule has 60 heavy (non-hydrogen) atoms. The fraction of sp³-hybridized carbons (Fsp3) is 0.0351. The van der Waals surface area contributed by atoms with Crippen LogP contribution < -0.4 is 4.57 Å². The van der Waals surface area contributed by atoms with E-state index in [0.717, 1.165) is 44.4 Å². The van der Waals surface area contributed by atoms with E-state index >= 15 is 0 Å². The smallest absolute Gasteiger partial charge is 0.297 e. The molecule has 284 valence electrons. The molecule has 0 unspecified atom stereocenters. The molecule has 0 N–H and O–H groups in total. The molecule has 3 nitrogen and oxygen atoms in total. The number of aryl methyl sites for hydroxylation is 2. The highest BCUT2D eigenvalue weighted by molar-refractivity contribution is 6.17. The monoisotopic (exact) mass is 769 g/mol. The van der Waals surface area contributed by atoms with Crippen molar-refractivity contribution in [1.82, 2.24) is 4.57 Å². The van der Waals surface area contributed by atoms with Crippen LogP contribution in [-0.2, 0) is 7.05 Å². The largest absolute Gasteiger partial charge is 0.454 e. The van der Waals surface area contributed by atoms with Gasteiger partial charge in [0.15, 0.2) is 5.58 Å². The molecule has 0 amide bonds.